The van der Waals surface area contributed by atoms with Gasteiger partial charge < -0.3 is 16.0 Å². The van der Waals surface area contributed by atoms with E-state index in [1.54, 1.807) is 42.7 Å². The van der Waals surface area contributed by atoms with Crippen LogP contribution in [0.4, 0.5) is 11.6 Å². The Balaban J connectivity index is 1.83. The topological polar surface area (TPSA) is 137 Å². The molecule has 1 amide bonds. The van der Waals surface area contributed by atoms with Gasteiger partial charge in [0.05, 0.1) is 18.8 Å². The van der Waals surface area contributed by atoms with Crippen molar-refractivity contribution in [1.82, 2.24) is 18.7 Å². The summed E-state index contributed by atoms with van der Waals surface area (Å²) in [5.74, 6) is 5.62. The van der Waals surface area contributed by atoms with Gasteiger partial charge in [-0.15, -0.1) is 5.92 Å². The van der Waals surface area contributed by atoms with Gasteiger partial charge >= 0.3 is 5.69 Å². The van der Waals surface area contributed by atoms with E-state index in [2.05, 4.69) is 22.1 Å². The van der Waals surface area contributed by atoms with Gasteiger partial charge in [-0.3, -0.25) is 28.1 Å². The summed E-state index contributed by atoms with van der Waals surface area (Å²) >= 11 is 0. The number of aryl methyl sites for hydroxylation is 1. The number of hydrogen-bond acceptors (Lipinski definition) is 7. The van der Waals surface area contributed by atoms with Gasteiger partial charge in [-0.2, -0.15) is 4.98 Å². The summed E-state index contributed by atoms with van der Waals surface area (Å²) in [6, 6.07) is 6.50. The standard InChI is InChI=1S/C26H31N7O4/c1-4-6-14-32-22-23(29-25(32)31-13-9-10-17(27)15-31)30(3)26(37)33(24(22)36)16-20(34)18-11-7-8-12-19(18)28-21(35)5-2/h7-8,11-12,17H,5,9-10,13-16,27H2,1-3H3,(H,28,35)/t17-/m1/s1. The molecule has 4 rings (SSSR count). The molecular weight excluding hydrogens is 474 g/mol. The number of amides is 1. The van der Waals surface area contributed by atoms with E-state index in [4.69, 9.17) is 5.73 Å². The van der Waals surface area contributed by atoms with E-state index < -0.39 is 23.6 Å². The number of carbonyl (C=O) groups is 2. The Morgan fingerprint density at radius 3 is 2.68 bits per heavy atom. The normalized spacial score (nSPS) is 15.4. The van der Waals surface area contributed by atoms with Crippen LogP contribution >= 0.6 is 0 Å². The first-order valence-corrected chi connectivity index (χ1v) is 12.3. The number of anilines is 2. The van der Waals surface area contributed by atoms with Crippen molar-refractivity contribution in [3.05, 3.63) is 50.7 Å². The number of nitrogens with zero attached hydrogens (tertiary/aromatic N) is 5. The molecule has 3 heterocycles. The van der Waals surface area contributed by atoms with Gasteiger partial charge in [0.15, 0.2) is 16.9 Å². The maximum absolute atomic E-state index is 13.7. The molecule has 1 saturated heterocycles. The van der Waals surface area contributed by atoms with Crippen LogP contribution in [0.25, 0.3) is 11.2 Å². The summed E-state index contributed by atoms with van der Waals surface area (Å²) in [7, 11) is 1.52. The molecule has 1 aromatic carbocycles. The highest BCUT2D eigenvalue weighted by molar-refractivity contribution is 6.04. The highest BCUT2D eigenvalue weighted by Crippen LogP contribution is 2.23. The lowest BCUT2D eigenvalue weighted by atomic mass is 10.1. The van der Waals surface area contributed by atoms with Crippen molar-refractivity contribution in [2.45, 2.75) is 52.2 Å². The quantitative estimate of drug-likeness (QED) is 0.362. The van der Waals surface area contributed by atoms with E-state index in [1.165, 1.54) is 11.6 Å². The van der Waals surface area contributed by atoms with Crippen LogP contribution in [0.2, 0.25) is 0 Å². The molecule has 0 bridgehead atoms. The van der Waals surface area contributed by atoms with Crippen molar-refractivity contribution in [2.24, 2.45) is 12.8 Å². The van der Waals surface area contributed by atoms with Crippen molar-refractivity contribution in [3.63, 3.8) is 0 Å². The number of nitrogens with one attached hydrogen (secondary N) is 1. The Morgan fingerprint density at radius 1 is 1.22 bits per heavy atom. The molecule has 11 nitrogen and oxygen atoms in total. The first-order chi connectivity index (χ1) is 17.8. The summed E-state index contributed by atoms with van der Waals surface area (Å²) in [6.45, 7) is 4.41. The molecule has 1 fully saturated rings. The van der Waals surface area contributed by atoms with Crippen molar-refractivity contribution >= 4 is 34.5 Å². The van der Waals surface area contributed by atoms with E-state index in [0.29, 0.717) is 18.2 Å². The average Bonchev–Trinajstić information content (AvgIpc) is 3.28. The van der Waals surface area contributed by atoms with Gasteiger partial charge in [0.25, 0.3) is 5.56 Å². The van der Waals surface area contributed by atoms with Crippen LogP contribution in [-0.2, 0) is 24.9 Å². The molecule has 3 aromatic rings. The van der Waals surface area contributed by atoms with E-state index in [1.807, 2.05) is 4.90 Å². The molecule has 0 radical (unpaired) electrons. The largest absolute Gasteiger partial charge is 0.341 e. The molecule has 1 aliphatic rings. The van der Waals surface area contributed by atoms with Crippen LogP contribution in [0, 0.1) is 11.8 Å². The molecular formula is C26H31N7O4. The van der Waals surface area contributed by atoms with Crippen LogP contribution in [0.15, 0.2) is 33.9 Å². The Morgan fingerprint density at radius 2 is 1.97 bits per heavy atom. The monoisotopic (exact) mass is 505 g/mol. The number of fused-ring (bicyclic) bond motifs is 1. The average molecular weight is 506 g/mol. The smallest absolute Gasteiger partial charge is 0.332 e. The number of imidazole rings is 1. The maximum Gasteiger partial charge on any atom is 0.332 e. The van der Waals surface area contributed by atoms with Crippen molar-refractivity contribution < 1.29 is 9.59 Å². The number of piperidine rings is 1. The van der Waals surface area contributed by atoms with Crippen LogP contribution in [0.3, 0.4) is 0 Å². The van der Waals surface area contributed by atoms with Crippen LogP contribution < -0.4 is 27.2 Å². The molecule has 194 valence electrons. The third-order valence-corrected chi connectivity index (χ3v) is 6.49. The predicted octanol–water partition coefficient (Wildman–Crippen LogP) is 1.08. The minimum absolute atomic E-state index is 0.0226. The summed E-state index contributed by atoms with van der Waals surface area (Å²) < 4.78 is 3.88. The number of para-hydroxylation sites is 1. The molecule has 1 aliphatic heterocycles. The van der Waals surface area contributed by atoms with Crippen molar-refractivity contribution in [1.29, 1.82) is 0 Å². The van der Waals surface area contributed by atoms with Gasteiger partial charge in [0, 0.05) is 38.2 Å². The van der Waals surface area contributed by atoms with Crippen LogP contribution in [0.1, 0.15) is 43.5 Å². The Bertz CT molecular complexity index is 1540. The number of nitrogens with two attached hydrogens (primary N) is 1. The fourth-order valence-electron chi connectivity index (χ4n) is 4.54. The summed E-state index contributed by atoms with van der Waals surface area (Å²) in [5.41, 5.74) is 5.86. The van der Waals surface area contributed by atoms with Crippen LogP contribution in [-0.4, -0.2) is 49.5 Å². The summed E-state index contributed by atoms with van der Waals surface area (Å²) in [4.78, 5) is 58.8. The van der Waals surface area contributed by atoms with Crippen molar-refractivity contribution in [2.75, 3.05) is 23.3 Å². The van der Waals surface area contributed by atoms with Gasteiger partial charge in [0.1, 0.15) is 0 Å². The van der Waals surface area contributed by atoms with E-state index in [9.17, 15) is 19.2 Å². The minimum Gasteiger partial charge on any atom is -0.341 e. The highest BCUT2D eigenvalue weighted by atomic mass is 16.2. The number of Topliss-reactive ketones (excluding diaryl/α,β-unsaturated/α-hetero) is 1. The maximum atomic E-state index is 13.7. The third kappa shape index (κ3) is 5.06. The third-order valence-electron chi connectivity index (χ3n) is 6.49. The Kier molecular flexibility index (Phi) is 7.59. The molecule has 2 aromatic heterocycles. The zero-order valence-corrected chi connectivity index (χ0v) is 21.3. The van der Waals surface area contributed by atoms with E-state index in [0.717, 1.165) is 24.0 Å². The van der Waals surface area contributed by atoms with Gasteiger partial charge in [-0.1, -0.05) is 25.0 Å². The molecule has 0 aliphatic carbocycles. The number of rotatable bonds is 7. The van der Waals surface area contributed by atoms with Crippen LogP contribution in [0.5, 0.6) is 0 Å². The SMILES string of the molecule is CC#CCn1c(N2CCC[C@@H](N)C2)nc2c1c(=O)n(CC(=O)c1ccccc1NC(=O)CC)c(=O)n2C. The molecule has 1 atom stereocenters. The first kappa shape index (κ1) is 25.9. The second kappa shape index (κ2) is 10.8. The number of ketones is 1. The molecule has 0 unspecified atom stereocenters. The number of hydrogen-bond donors (Lipinski definition) is 2. The van der Waals surface area contributed by atoms with E-state index in [-0.39, 0.29) is 41.6 Å². The highest BCUT2D eigenvalue weighted by Gasteiger charge is 2.27. The zero-order chi connectivity index (χ0) is 26.7. The second-order valence-electron chi connectivity index (χ2n) is 9.05. The number of carbonyl (C=O) groups excluding carboxylic acids is 2. The number of aromatic nitrogens is 4. The molecule has 37 heavy (non-hydrogen) atoms. The fraction of sp³-hybridized carbons (Fsp3) is 0.423. The summed E-state index contributed by atoms with van der Waals surface area (Å²) in [5, 5.41) is 2.70. The Labute approximate surface area is 213 Å². The lowest BCUT2D eigenvalue weighted by Crippen LogP contribution is -2.44. The lowest BCUT2D eigenvalue weighted by molar-refractivity contribution is -0.115. The second-order valence-corrected chi connectivity index (χ2v) is 9.05. The van der Waals surface area contributed by atoms with Gasteiger partial charge in [0.2, 0.25) is 11.9 Å². The van der Waals surface area contributed by atoms with Gasteiger partial charge in [-0.25, -0.2) is 4.79 Å². The summed E-state index contributed by atoms with van der Waals surface area (Å²) in [6.07, 6.45) is 2.03. The molecule has 0 saturated carbocycles. The predicted molar refractivity (Wildman–Crippen MR) is 142 cm³/mol. The molecule has 0 spiro atoms. The molecule has 11 heteroatoms. The van der Waals surface area contributed by atoms with E-state index >= 15 is 0 Å². The molecule has 3 N–H and O–H groups in total. The first-order valence-electron chi connectivity index (χ1n) is 12.3. The van der Waals surface area contributed by atoms with Crippen molar-refractivity contribution in [3.8, 4) is 11.8 Å². The zero-order valence-electron chi connectivity index (χ0n) is 21.3. The van der Waals surface area contributed by atoms with Gasteiger partial charge in [-0.05, 0) is 31.9 Å². The fourth-order valence-corrected chi connectivity index (χ4v) is 4.54. The minimum atomic E-state index is -0.658. The Hall–Kier alpha value is -4.17. The number of benzene rings is 1. The lowest BCUT2D eigenvalue weighted by Gasteiger charge is -2.31.